The van der Waals surface area contributed by atoms with Crippen molar-refractivity contribution in [2.75, 3.05) is 23.7 Å². The Morgan fingerprint density at radius 3 is 2.69 bits per heavy atom. The van der Waals surface area contributed by atoms with Crippen molar-refractivity contribution in [3.8, 4) is 5.75 Å². The maximum atomic E-state index is 11.2. The molecule has 3 rings (SSSR count). The second kappa shape index (κ2) is 8.45. The van der Waals surface area contributed by atoms with Crippen molar-refractivity contribution in [2.45, 2.75) is 13.0 Å². The average molecular weight is 372 g/mol. The molecule has 0 spiro atoms. The van der Waals surface area contributed by atoms with Crippen LogP contribution in [0.1, 0.15) is 12.0 Å². The Kier molecular flexibility index (Phi) is 5.82. The lowest BCUT2D eigenvalue weighted by atomic mass is 10.2. The predicted molar refractivity (Wildman–Crippen MR) is 100 cm³/mol. The number of phenolic OH excluding ortho intramolecular Hbond substituents is 1. The smallest absolute Gasteiger partial charge is 0.229 e. The van der Waals surface area contributed by atoms with Gasteiger partial charge in [-0.05, 0) is 36.2 Å². The van der Waals surface area contributed by atoms with E-state index in [0.717, 1.165) is 24.3 Å². The van der Waals surface area contributed by atoms with Gasteiger partial charge in [-0.25, -0.2) is 4.98 Å². The highest BCUT2D eigenvalue weighted by atomic mass is 32.2. The summed E-state index contributed by atoms with van der Waals surface area (Å²) in [6, 6.07) is 12.9. The molecule has 0 radical (unpaired) electrons. The largest absolute Gasteiger partial charge is 0.548 e. The summed E-state index contributed by atoms with van der Waals surface area (Å²) in [5.41, 5.74) is 7.09. The van der Waals surface area contributed by atoms with E-state index >= 15 is 0 Å². The lowest BCUT2D eigenvalue weighted by molar-refractivity contribution is 0.475. The number of H-pyrrole nitrogens is 1. The number of anilines is 2. The monoisotopic (exact) mass is 372 g/mol. The zero-order valence-electron chi connectivity index (χ0n) is 14.1. The standard InChI is InChI=1S/C17H20N6O2S/c18-16-17(22-26(25)21-16)20-10-3-11-23(15-4-1-2-9-19-15)12-13-5-7-14(24)8-6-13/h1-2,4-9,24H,3,10-12H2,(H2,18,21)(H,20,22). The van der Waals surface area contributed by atoms with E-state index in [2.05, 4.69) is 23.6 Å². The van der Waals surface area contributed by atoms with Gasteiger partial charge in [-0.3, -0.25) is 4.99 Å². The van der Waals surface area contributed by atoms with Gasteiger partial charge in [-0.1, -0.05) is 18.2 Å². The Morgan fingerprint density at radius 1 is 1.23 bits per heavy atom. The SMILES string of the molecule is Nc1n[s+]([O-])[nH]c1=NCCCN(Cc1ccc(O)cc1)c1ccccn1. The number of nitrogen functional groups attached to an aromatic ring is 1. The van der Waals surface area contributed by atoms with E-state index in [4.69, 9.17) is 5.73 Å². The number of aromatic nitrogens is 3. The molecule has 0 aliphatic rings. The van der Waals surface area contributed by atoms with E-state index in [9.17, 15) is 9.66 Å². The fourth-order valence-electron chi connectivity index (χ4n) is 2.49. The first kappa shape index (κ1) is 17.9. The van der Waals surface area contributed by atoms with Gasteiger partial charge >= 0.3 is 0 Å². The van der Waals surface area contributed by atoms with Crippen LogP contribution in [0.2, 0.25) is 0 Å². The Morgan fingerprint density at radius 2 is 2.04 bits per heavy atom. The molecule has 1 atom stereocenters. The maximum absolute atomic E-state index is 11.2. The number of hydrogen-bond acceptors (Lipinski definition) is 7. The number of pyridine rings is 1. The fourth-order valence-corrected chi connectivity index (χ4v) is 3.14. The van der Waals surface area contributed by atoms with E-state index in [1.807, 2.05) is 30.3 Å². The molecule has 0 saturated heterocycles. The second-order valence-corrected chi connectivity index (χ2v) is 6.57. The van der Waals surface area contributed by atoms with Gasteiger partial charge in [0, 0.05) is 30.2 Å². The van der Waals surface area contributed by atoms with Crippen LogP contribution in [0.4, 0.5) is 11.6 Å². The van der Waals surface area contributed by atoms with Gasteiger partial charge in [0.15, 0.2) is 11.1 Å². The van der Waals surface area contributed by atoms with Crippen LogP contribution in [0, 0.1) is 0 Å². The number of hydrogen-bond donors (Lipinski definition) is 3. The Bertz CT molecular complexity index is 892. The zero-order valence-corrected chi connectivity index (χ0v) is 14.9. The minimum atomic E-state index is -1.51. The van der Waals surface area contributed by atoms with E-state index in [1.165, 1.54) is 0 Å². The molecule has 0 aliphatic heterocycles. The van der Waals surface area contributed by atoms with Crippen LogP contribution in [0.15, 0.2) is 53.7 Å². The van der Waals surface area contributed by atoms with E-state index in [-0.39, 0.29) is 11.6 Å². The number of nitrogens with two attached hydrogens (primary N) is 1. The molecule has 1 unspecified atom stereocenters. The first-order chi connectivity index (χ1) is 12.6. The van der Waals surface area contributed by atoms with Crippen LogP contribution < -0.4 is 16.1 Å². The van der Waals surface area contributed by atoms with Crippen molar-refractivity contribution in [1.82, 2.24) is 13.7 Å². The number of aromatic hydroxyl groups is 1. The molecule has 0 fully saturated rings. The van der Waals surface area contributed by atoms with Crippen molar-refractivity contribution < 1.29 is 9.66 Å². The summed E-state index contributed by atoms with van der Waals surface area (Å²) in [7, 11) is 0. The number of nitrogens with one attached hydrogen (secondary N) is 1. The topological polar surface area (TPSA) is 126 Å². The molecule has 9 heteroatoms. The Balaban J connectivity index is 1.67. The normalized spacial score (nSPS) is 12.3. The molecule has 0 saturated carbocycles. The highest BCUT2D eigenvalue weighted by molar-refractivity contribution is 7.13. The van der Waals surface area contributed by atoms with Crippen molar-refractivity contribution in [3.05, 3.63) is 59.7 Å². The van der Waals surface area contributed by atoms with Crippen molar-refractivity contribution in [3.63, 3.8) is 0 Å². The van der Waals surface area contributed by atoms with Crippen molar-refractivity contribution >= 4 is 22.8 Å². The first-order valence-electron chi connectivity index (χ1n) is 8.13. The summed E-state index contributed by atoms with van der Waals surface area (Å²) in [5, 5.41) is 9.44. The molecule has 0 bridgehead atoms. The Hall–Kier alpha value is -2.91. The predicted octanol–water partition coefficient (Wildman–Crippen LogP) is 1.82. The Labute approximate surface area is 153 Å². The highest BCUT2D eigenvalue weighted by Crippen LogP contribution is 2.16. The molecule has 26 heavy (non-hydrogen) atoms. The summed E-state index contributed by atoms with van der Waals surface area (Å²) < 4.78 is 17.5. The van der Waals surface area contributed by atoms with Gasteiger partial charge in [0.1, 0.15) is 11.6 Å². The third-order valence-corrected chi connectivity index (χ3v) is 4.48. The highest BCUT2D eigenvalue weighted by Gasteiger charge is 2.09. The third kappa shape index (κ3) is 4.80. The number of phenols is 1. The first-order valence-corrected chi connectivity index (χ1v) is 9.24. The van der Waals surface area contributed by atoms with Gasteiger partial charge in [0.05, 0.1) is 0 Å². The van der Waals surface area contributed by atoms with Crippen LogP contribution in [0.5, 0.6) is 5.75 Å². The molecule has 136 valence electrons. The molecule has 8 nitrogen and oxygen atoms in total. The maximum Gasteiger partial charge on any atom is 0.229 e. The lowest BCUT2D eigenvalue weighted by Crippen LogP contribution is -2.25. The number of benzene rings is 1. The van der Waals surface area contributed by atoms with Crippen LogP contribution in [0.3, 0.4) is 0 Å². The summed E-state index contributed by atoms with van der Waals surface area (Å²) in [5.74, 6) is 1.29. The minimum Gasteiger partial charge on any atom is -0.548 e. The van der Waals surface area contributed by atoms with Crippen LogP contribution >= 0.6 is 11.1 Å². The zero-order chi connectivity index (χ0) is 18.4. The summed E-state index contributed by atoms with van der Waals surface area (Å²) >= 11 is -1.51. The molecule has 3 aromatic rings. The minimum absolute atomic E-state index is 0.175. The number of rotatable bonds is 7. The molecular weight excluding hydrogens is 352 g/mol. The summed E-state index contributed by atoms with van der Waals surface area (Å²) in [6.07, 6.45) is 2.52. The molecule has 0 aliphatic carbocycles. The van der Waals surface area contributed by atoms with Crippen molar-refractivity contribution in [2.24, 2.45) is 4.99 Å². The van der Waals surface area contributed by atoms with Crippen LogP contribution in [0.25, 0.3) is 0 Å². The molecule has 2 aromatic heterocycles. The average Bonchev–Trinajstić information content (AvgIpc) is 2.97. The van der Waals surface area contributed by atoms with Crippen molar-refractivity contribution in [1.29, 1.82) is 0 Å². The summed E-state index contributed by atoms with van der Waals surface area (Å²) in [6.45, 7) is 1.92. The van der Waals surface area contributed by atoms with Gasteiger partial charge < -0.3 is 20.3 Å². The van der Waals surface area contributed by atoms with Crippen LogP contribution in [-0.4, -0.2) is 36.5 Å². The molecule has 1 aromatic carbocycles. The van der Waals surface area contributed by atoms with E-state index in [1.54, 1.807) is 18.3 Å². The number of nitrogens with zero attached hydrogens (tertiary/aromatic N) is 4. The van der Waals surface area contributed by atoms with Gasteiger partial charge in [0.2, 0.25) is 11.3 Å². The quantitative estimate of drug-likeness (QED) is 0.429. The molecular formula is C17H20N6O2S. The number of aromatic amines is 1. The lowest BCUT2D eigenvalue weighted by Gasteiger charge is -2.23. The van der Waals surface area contributed by atoms with Gasteiger partial charge in [-0.2, -0.15) is 0 Å². The van der Waals surface area contributed by atoms with Gasteiger partial charge in [0.25, 0.3) is 0 Å². The van der Waals surface area contributed by atoms with E-state index in [0.29, 0.717) is 18.6 Å². The second-order valence-electron chi connectivity index (χ2n) is 5.69. The fraction of sp³-hybridized carbons (Fsp3) is 0.235. The summed E-state index contributed by atoms with van der Waals surface area (Å²) in [4.78, 5) is 10.9. The third-order valence-electron chi connectivity index (χ3n) is 3.75. The van der Waals surface area contributed by atoms with Crippen LogP contribution in [-0.2, 0) is 6.54 Å². The molecule has 0 amide bonds. The molecule has 4 N–H and O–H groups in total. The van der Waals surface area contributed by atoms with Gasteiger partial charge in [-0.15, -0.1) is 4.37 Å². The van der Waals surface area contributed by atoms with E-state index < -0.39 is 11.1 Å². The molecule has 2 heterocycles.